The molecule has 0 saturated heterocycles. The summed E-state index contributed by atoms with van der Waals surface area (Å²) < 4.78 is 0. The number of aromatic hydroxyl groups is 1. The number of fused-ring (bicyclic) bond motifs is 3. The Kier molecular flexibility index (Phi) is 2.61. The Morgan fingerprint density at radius 1 is 1.39 bits per heavy atom. The zero-order valence-corrected chi connectivity index (χ0v) is 10.4. The molecule has 0 aliphatic carbocycles. The second kappa shape index (κ2) is 4.15. The summed E-state index contributed by atoms with van der Waals surface area (Å²) in [5, 5.41) is 13.9. The lowest BCUT2D eigenvalue weighted by molar-refractivity contribution is 0.476. The van der Waals surface area contributed by atoms with Gasteiger partial charge in [0.15, 0.2) is 0 Å². The number of phenolic OH excluding ortho intramolecular Hbond substituents is 1. The Bertz CT molecular complexity index is 595. The van der Waals surface area contributed by atoms with Crippen LogP contribution in [0.2, 0.25) is 0 Å². The van der Waals surface area contributed by atoms with E-state index in [1.165, 1.54) is 5.56 Å². The van der Waals surface area contributed by atoms with Gasteiger partial charge in [-0.05, 0) is 30.0 Å². The van der Waals surface area contributed by atoms with E-state index < -0.39 is 0 Å². The first kappa shape index (κ1) is 11.3. The molecule has 1 aliphatic heterocycles. The summed E-state index contributed by atoms with van der Waals surface area (Å²) >= 11 is 0. The maximum Gasteiger partial charge on any atom is 0.116 e. The van der Waals surface area contributed by atoms with Crippen LogP contribution in [0.1, 0.15) is 12.5 Å². The van der Waals surface area contributed by atoms with Crippen molar-refractivity contribution < 1.29 is 5.11 Å². The average Bonchev–Trinajstić information content (AvgIpc) is 2.72. The van der Waals surface area contributed by atoms with Crippen molar-refractivity contribution in [3.05, 3.63) is 35.9 Å². The standard InChI is InChI=1S/C14H17N3O/c1-9(15)8-17-14-11(7-16-17)3-2-10-4-5-12(18)6-13(10)14/h2-6,9,16,18H,7-8,15H2,1H3. The third-order valence-corrected chi connectivity index (χ3v) is 3.26. The molecule has 0 aromatic heterocycles. The molecule has 1 atom stereocenters. The first-order valence-electron chi connectivity index (χ1n) is 6.16. The normalized spacial score (nSPS) is 16.0. The highest BCUT2D eigenvalue weighted by atomic mass is 16.3. The Morgan fingerprint density at radius 3 is 2.94 bits per heavy atom. The molecular weight excluding hydrogens is 226 g/mol. The van der Waals surface area contributed by atoms with Crippen LogP contribution in [-0.4, -0.2) is 17.7 Å². The number of phenols is 1. The van der Waals surface area contributed by atoms with Crippen LogP contribution in [0.15, 0.2) is 30.3 Å². The van der Waals surface area contributed by atoms with Gasteiger partial charge in [0.1, 0.15) is 5.75 Å². The van der Waals surface area contributed by atoms with Crippen LogP contribution in [0.3, 0.4) is 0 Å². The lowest BCUT2D eigenvalue weighted by Crippen LogP contribution is -2.40. The van der Waals surface area contributed by atoms with Crippen molar-refractivity contribution >= 4 is 16.5 Å². The molecule has 0 amide bonds. The minimum Gasteiger partial charge on any atom is -0.508 e. The molecule has 0 saturated carbocycles. The maximum atomic E-state index is 9.67. The summed E-state index contributed by atoms with van der Waals surface area (Å²) in [6.07, 6.45) is 0. The first-order valence-corrected chi connectivity index (χ1v) is 6.16. The predicted molar refractivity (Wildman–Crippen MR) is 73.4 cm³/mol. The van der Waals surface area contributed by atoms with Crippen molar-refractivity contribution in [3.63, 3.8) is 0 Å². The van der Waals surface area contributed by atoms with E-state index in [1.54, 1.807) is 6.07 Å². The molecule has 0 fully saturated rings. The lowest BCUT2D eigenvalue weighted by Gasteiger charge is -2.22. The van der Waals surface area contributed by atoms with Gasteiger partial charge in [-0.2, -0.15) is 0 Å². The summed E-state index contributed by atoms with van der Waals surface area (Å²) in [6, 6.07) is 9.78. The highest BCUT2D eigenvalue weighted by Gasteiger charge is 2.21. The first-order chi connectivity index (χ1) is 8.65. The van der Waals surface area contributed by atoms with Gasteiger partial charge in [0.05, 0.1) is 5.69 Å². The topological polar surface area (TPSA) is 61.5 Å². The fraction of sp³-hybridized carbons (Fsp3) is 0.286. The molecule has 18 heavy (non-hydrogen) atoms. The molecule has 2 aromatic carbocycles. The van der Waals surface area contributed by atoms with Crippen molar-refractivity contribution in [2.45, 2.75) is 19.5 Å². The van der Waals surface area contributed by atoms with Crippen LogP contribution < -0.4 is 16.2 Å². The SMILES string of the molecule is CC(N)CN1NCc2ccc3ccc(O)cc3c21. The van der Waals surface area contributed by atoms with Crippen LogP contribution in [0, 0.1) is 0 Å². The van der Waals surface area contributed by atoms with Crippen LogP contribution in [0.25, 0.3) is 10.8 Å². The third-order valence-electron chi connectivity index (χ3n) is 3.26. The minimum absolute atomic E-state index is 0.0935. The number of rotatable bonds is 2. The van der Waals surface area contributed by atoms with Crippen LogP contribution in [0.4, 0.5) is 5.69 Å². The number of hydrogen-bond acceptors (Lipinski definition) is 4. The Balaban J connectivity index is 2.17. The van der Waals surface area contributed by atoms with Gasteiger partial charge < -0.3 is 15.8 Å². The number of benzene rings is 2. The highest BCUT2D eigenvalue weighted by molar-refractivity contribution is 5.97. The van der Waals surface area contributed by atoms with Crippen LogP contribution in [0.5, 0.6) is 5.75 Å². The number of anilines is 1. The van der Waals surface area contributed by atoms with Gasteiger partial charge in [-0.1, -0.05) is 18.2 Å². The molecule has 1 heterocycles. The van der Waals surface area contributed by atoms with E-state index in [0.717, 1.165) is 29.5 Å². The smallest absolute Gasteiger partial charge is 0.116 e. The van der Waals surface area contributed by atoms with E-state index in [4.69, 9.17) is 5.73 Å². The lowest BCUT2D eigenvalue weighted by atomic mass is 10.0. The molecular formula is C14H17N3O. The van der Waals surface area contributed by atoms with E-state index in [1.807, 2.05) is 19.1 Å². The number of nitrogens with zero attached hydrogens (tertiary/aromatic N) is 1. The third kappa shape index (κ3) is 1.79. The molecule has 3 rings (SSSR count). The molecule has 0 radical (unpaired) electrons. The molecule has 4 nitrogen and oxygen atoms in total. The van der Waals surface area contributed by atoms with Gasteiger partial charge in [-0.15, -0.1) is 0 Å². The fourth-order valence-corrected chi connectivity index (χ4v) is 2.50. The molecule has 0 bridgehead atoms. The van der Waals surface area contributed by atoms with Crippen molar-refractivity contribution in [2.75, 3.05) is 11.6 Å². The monoisotopic (exact) mass is 243 g/mol. The van der Waals surface area contributed by atoms with E-state index in [-0.39, 0.29) is 6.04 Å². The molecule has 1 unspecified atom stereocenters. The Labute approximate surface area is 106 Å². The largest absolute Gasteiger partial charge is 0.508 e. The number of nitrogens with two attached hydrogens (primary N) is 1. The van der Waals surface area contributed by atoms with Gasteiger partial charge in [0, 0.05) is 24.5 Å². The quantitative estimate of drug-likeness (QED) is 0.751. The molecule has 2 aromatic rings. The second-order valence-electron chi connectivity index (χ2n) is 4.90. The summed E-state index contributed by atoms with van der Waals surface area (Å²) in [5.41, 5.74) is 11.6. The molecule has 4 heteroatoms. The number of hydrazine groups is 1. The number of nitrogens with one attached hydrogen (secondary N) is 1. The zero-order chi connectivity index (χ0) is 12.7. The van der Waals surface area contributed by atoms with Gasteiger partial charge >= 0.3 is 0 Å². The number of hydrogen-bond donors (Lipinski definition) is 3. The van der Waals surface area contributed by atoms with Crippen molar-refractivity contribution in [1.82, 2.24) is 5.43 Å². The average molecular weight is 243 g/mol. The van der Waals surface area contributed by atoms with Crippen LogP contribution in [-0.2, 0) is 6.54 Å². The summed E-state index contributed by atoms with van der Waals surface area (Å²) in [6.45, 7) is 3.55. The van der Waals surface area contributed by atoms with Crippen molar-refractivity contribution in [1.29, 1.82) is 0 Å². The van der Waals surface area contributed by atoms with Gasteiger partial charge in [-0.25, -0.2) is 5.43 Å². The summed E-state index contributed by atoms with van der Waals surface area (Å²) in [4.78, 5) is 0. The van der Waals surface area contributed by atoms with Crippen molar-refractivity contribution in [3.8, 4) is 5.75 Å². The second-order valence-corrected chi connectivity index (χ2v) is 4.90. The van der Waals surface area contributed by atoms with E-state index >= 15 is 0 Å². The summed E-state index contributed by atoms with van der Waals surface area (Å²) in [5.74, 6) is 0.295. The zero-order valence-electron chi connectivity index (χ0n) is 10.4. The Hall–Kier alpha value is -1.78. The highest BCUT2D eigenvalue weighted by Crippen LogP contribution is 2.35. The van der Waals surface area contributed by atoms with Crippen molar-refractivity contribution in [2.24, 2.45) is 5.73 Å². The maximum absolute atomic E-state index is 9.67. The van der Waals surface area contributed by atoms with E-state index in [0.29, 0.717) is 5.75 Å². The van der Waals surface area contributed by atoms with Gasteiger partial charge in [-0.3, -0.25) is 0 Å². The Morgan fingerprint density at radius 2 is 2.17 bits per heavy atom. The fourth-order valence-electron chi connectivity index (χ4n) is 2.50. The molecule has 0 spiro atoms. The minimum atomic E-state index is 0.0935. The molecule has 4 N–H and O–H groups in total. The van der Waals surface area contributed by atoms with Crippen LogP contribution >= 0.6 is 0 Å². The predicted octanol–water partition coefficient (Wildman–Crippen LogP) is 1.72. The van der Waals surface area contributed by atoms with E-state index in [9.17, 15) is 5.11 Å². The van der Waals surface area contributed by atoms with E-state index in [2.05, 4.69) is 22.6 Å². The van der Waals surface area contributed by atoms with Gasteiger partial charge in [0.25, 0.3) is 0 Å². The molecule has 94 valence electrons. The van der Waals surface area contributed by atoms with Gasteiger partial charge in [0.2, 0.25) is 0 Å². The summed E-state index contributed by atoms with van der Waals surface area (Å²) in [7, 11) is 0. The molecule has 1 aliphatic rings.